The molecule has 0 saturated heterocycles. The zero-order valence-corrected chi connectivity index (χ0v) is 12.7. The average molecular weight is 300 g/mol. The molecule has 3 rings (SSSR count). The molecule has 6 nitrogen and oxygen atoms in total. The second-order valence-corrected chi connectivity index (χ2v) is 5.41. The number of nitrogens with one attached hydrogen (secondary N) is 1. The van der Waals surface area contributed by atoms with Gasteiger partial charge >= 0.3 is 0 Å². The molecule has 0 unspecified atom stereocenters. The van der Waals surface area contributed by atoms with Crippen LogP contribution in [-0.2, 0) is 19.5 Å². The largest absolute Gasteiger partial charge is 0.497 e. The molecule has 22 heavy (non-hydrogen) atoms. The van der Waals surface area contributed by atoms with Gasteiger partial charge in [-0.15, -0.1) is 10.2 Å². The van der Waals surface area contributed by atoms with Gasteiger partial charge in [-0.05, 0) is 31.0 Å². The van der Waals surface area contributed by atoms with E-state index < -0.39 is 0 Å². The molecule has 0 bridgehead atoms. The maximum atomic E-state index is 12.2. The first-order valence-corrected chi connectivity index (χ1v) is 7.61. The summed E-state index contributed by atoms with van der Waals surface area (Å²) in [4.78, 5) is 12.2. The van der Waals surface area contributed by atoms with Crippen molar-refractivity contribution in [2.45, 2.75) is 38.8 Å². The molecule has 0 aliphatic carbocycles. The van der Waals surface area contributed by atoms with Gasteiger partial charge < -0.3 is 14.6 Å². The zero-order chi connectivity index (χ0) is 15.4. The predicted molar refractivity (Wildman–Crippen MR) is 81.7 cm³/mol. The number of methoxy groups -OCH3 is 1. The Bertz CT molecular complexity index is 666. The quantitative estimate of drug-likeness (QED) is 0.937. The molecule has 1 aromatic carbocycles. The van der Waals surface area contributed by atoms with Gasteiger partial charge in [-0.25, -0.2) is 0 Å². The summed E-state index contributed by atoms with van der Waals surface area (Å²) in [6.45, 7) is 1.33. The summed E-state index contributed by atoms with van der Waals surface area (Å²) in [5.74, 6) is 2.39. The first-order chi connectivity index (χ1) is 10.8. The molecule has 0 spiro atoms. The number of amides is 1. The van der Waals surface area contributed by atoms with Gasteiger partial charge in [-0.3, -0.25) is 4.79 Å². The van der Waals surface area contributed by atoms with Crippen molar-refractivity contribution >= 4 is 5.91 Å². The third kappa shape index (κ3) is 3.10. The Balaban J connectivity index is 1.67. The van der Waals surface area contributed by atoms with Crippen molar-refractivity contribution in [2.24, 2.45) is 0 Å². The van der Waals surface area contributed by atoms with Gasteiger partial charge in [0.25, 0.3) is 5.91 Å². The van der Waals surface area contributed by atoms with Crippen LogP contribution in [-0.4, -0.2) is 27.8 Å². The Morgan fingerprint density at radius 2 is 2.23 bits per heavy atom. The molecule has 0 radical (unpaired) electrons. The van der Waals surface area contributed by atoms with Crippen LogP contribution in [0.25, 0.3) is 0 Å². The monoisotopic (exact) mass is 300 g/mol. The number of hydrogen-bond donors (Lipinski definition) is 1. The van der Waals surface area contributed by atoms with Gasteiger partial charge in [-0.2, -0.15) is 0 Å². The number of hydrogen-bond acceptors (Lipinski definition) is 4. The number of nitrogens with zero attached hydrogens (tertiary/aromatic N) is 3. The first kappa shape index (κ1) is 14.6. The number of benzene rings is 1. The Morgan fingerprint density at radius 1 is 1.32 bits per heavy atom. The fourth-order valence-electron chi connectivity index (χ4n) is 2.70. The average Bonchev–Trinajstić information content (AvgIpc) is 2.79. The van der Waals surface area contributed by atoms with E-state index in [0.29, 0.717) is 17.9 Å². The van der Waals surface area contributed by atoms with Crippen molar-refractivity contribution in [1.29, 1.82) is 0 Å². The van der Waals surface area contributed by atoms with Crippen molar-refractivity contribution in [3.63, 3.8) is 0 Å². The lowest BCUT2D eigenvalue weighted by Crippen LogP contribution is -2.25. The molecule has 1 N–H and O–H groups in total. The fourth-order valence-corrected chi connectivity index (χ4v) is 2.70. The lowest BCUT2D eigenvalue weighted by Gasteiger charge is -2.09. The van der Waals surface area contributed by atoms with Gasteiger partial charge in [0, 0.05) is 18.5 Å². The van der Waals surface area contributed by atoms with Crippen LogP contribution in [0.3, 0.4) is 0 Å². The van der Waals surface area contributed by atoms with E-state index in [1.54, 1.807) is 25.3 Å². The lowest BCUT2D eigenvalue weighted by molar-refractivity contribution is 0.0949. The minimum atomic E-state index is -0.134. The normalized spacial score (nSPS) is 14.0. The van der Waals surface area contributed by atoms with Crippen molar-refractivity contribution in [3.05, 3.63) is 41.5 Å². The standard InChI is InChI=1S/C16H20N4O2/c1-22-13-7-5-6-12(10-13)16(21)17-11-15-19-18-14-8-3-2-4-9-20(14)15/h5-7,10H,2-4,8-9,11H2,1H3,(H,17,21). The van der Waals surface area contributed by atoms with Crippen LogP contribution in [0.1, 0.15) is 41.3 Å². The predicted octanol–water partition coefficient (Wildman–Crippen LogP) is 1.94. The van der Waals surface area contributed by atoms with Gasteiger partial charge in [0.2, 0.25) is 0 Å². The van der Waals surface area contributed by atoms with Crippen molar-refractivity contribution in [3.8, 4) is 5.75 Å². The van der Waals surface area contributed by atoms with E-state index in [4.69, 9.17) is 4.74 Å². The summed E-state index contributed by atoms with van der Waals surface area (Å²) < 4.78 is 7.27. The number of aryl methyl sites for hydroxylation is 1. The highest BCUT2D eigenvalue weighted by Crippen LogP contribution is 2.15. The molecule has 2 aromatic rings. The van der Waals surface area contributed by atoms with E-state index in [-0.39, 0.29) is 5.91 Å². The maximum absolute atomic E-state index is 12.2. The summed E-state index contributed by atoms with van der Waals surface area (Å²) in [5.41, 5.74) is 0.579. The molecule has 1 aliphatic heterocycles. The van der Waals surface area contributed by atoms with Crippen molar-refractivity contribution in [1.82, 2.24) is 20.1 Å². The van der Waals surface area contributed by atoms with Crippen LogP contribution in [0, 0.1) is 0 Å². The van der Waals surface area contributed by atoms with Gasteiger partial charge in [-0.1, -0.05) is 12.5 Å². The molecule has 0 saturated carbocycles. The number of fused-ring (bicyclic) bond motifs is 1. The Hall–Kier alpha value is -2.37. The molecule has 2 heterocycles. The van der Waals surface area contributed by atoms with Gasteiger partial charge in [0.05, 0.1) is 13.7 Å². The number of aromatic nitrogens is 3. The minimum Gasteiger partial charge on any atom is -0.497 e. The van der Waals surface area contributed by atoms with E-state index in [1.165, 1.54) is 6.42 Å². The molecule has 0 atom stereocenters. The molecular weight excluding hydrogens is 280 g/mol. The minimum absolute atomic E-state index is 0.134. The number of carbonyl (C=O) groups is 1. The van der Waals surface area contributed by atoms with Crippen LogP contribution in [0.15, 0.2) is 24.3 Å². The molecule has 1 aromatic heterocycles. The SMILES string of the molecule is COc1cccc(C(=O)NCc2nnc3n2CCCCC3)c1. The van der Waals surface area contributed by atoms with Crippen LogP contribution < -0.4 is 10.1 Å². The first-order valence-electron chi connectivity index (χ1n) is 7.61. The fraction of sp³-hybridized carbons (Fsp3) is 0.438. The third-order valence-electron chi connectivity index (χ3n) is 3.93. The van der Waals surface area contributed by atoms with E-state index in [9.17, 15) is 4.79 Å². The van der Waals surface area contributed by atoms with Crippen LogP contribution in [0.4, 0.5) is 0 Å². The zero-order valence-electron chi connectivity index (χ0n) is 12.7. The summed E-state index contributed by atoms with van der Waals surface area (Å²) in [7, 11) is 1.59. The number of ether oxygens (including phenoxy) is 1. The molecule has 6 heteroatoms. The molecule has 1 aliphatic rings. The third-order valence-corrected chi connectivity index (χ3v) is 3.93. The molecule has 1 amide bonds. The van der Waals surface area contributed by atoms with Crippen LogP contribution in [0.2, 0.25) is 0 Å². The summed E-state index contributed by atoms with van der Waals surface area (Å²) >= 11 is 0. The number of carbonyl (C=O) groups excluding carboxylic acids is 1. The van der Waals surface area contributed by atoms with Gasteiger partial charge in [0.1, 0.15) is 11.6 Å². The number of rotatable bonds is 4. The summed E-state index contributed by atoms with van der Waals surface area (Å²) in [6, 6.07) is 7.11. The summed E-state index contributed by atoms with van der Waals surface area (Å²) in [6.07, 6.45) is 4.49. The second kappa shape index (κ2) is 6.60. The summed E-state index contributed by atoms with van der Waals surface area (Å²) in [5, 5.41) is 11.4. The molecule has 116 valence electrons. The Morgan fingerprint density at radius 3 is 3.09 bits per heavy atom. The maximum Gasteiger partial charge on any atom is 0.251 e. The van der Waals surface area contributed by atoms with E-state index in [2.05, 4.69) is 20.1 Å². The van der Waals surface area contributed by atoms with Crippen molar-refractivity contribution in [2.75, 3.05) is 7.11 Å². The van der Waals surface area contributed by atoms with E-state index in [1.807, 2.05) is 6.07 Å². The smallest absolute Gasteiger partial charge is 0.251 e. The lowest BCUT2D eigenvalue weighted by atomic mass is 10.2. The highest BCUT2D eigenvalue weighted by molar-refractivity contribution is 5.94. The Labute approximate surface area is 129 Å². The Kier molecular flexibility index (Phi) is 4.37. The van der Waals surface area contributed by atoms with Crippen molar-refractivity contribution < 1.29 is 9.53 Å². The topological polar surface area (TPSA) is 69.0 Å². The van der Waals surface area contributed by atoms with E-state index in [0.717, 1.165) is 37.5 Å². The van der Waals surface area contributed by atoms with E-state index >= 15 is 0 Å². The van der Waals surface area contributed by atoms with Crippen LogP contribution >= 0.6 is 0 Å². The highest BCUT2D eigenvalue weighted by atomic mass is 16.5. The van der Waals surface area contributed by atoms with Crippen LogP contribution in [0.5, 0.6) is 5.75 Å². The second-order valence-electron chi connectivity index (χ2n) is 5.41. The highest BCUT2D eigenvalue weighted by Gasteiger charge is 2.15. The molecular formula is C16H20N4O2. The van der Waals surface area contributed by atoms with Gasteiger partial charge in [0.15, 0.2) is 5.82 Å². The molecule has 0 fully saturated rings.